The molecule has 2 aromatic rings. The number of aryl methyl sites for hydroxylation is 1. The maximum Gasteiger partial charge on any atom is 0.259 e. The number of para-hydroxylation sites is 1. The van der Waals surface area contributed by atoms with Crippen molar-refractivity contribution in [1.82, 2.24) is 0 Å². The lowest BCUT2D eigenvalue weighted by Crippen LogP contribution is -2.21. The number of carbonyl (C=O) groups is 1. The first-order chi connectivity index (χ1) is 10.1. The molecule has 0 spiro atoms. The van der Waals surface area contributed by atoms with Gasteiger partial charge in [-0.25, -0.2) is 0 Å². The number of anilines is 2. The van der Waals surface area contributed by atoms with Crippen molar-refractivity contribution in [3.05, 3.63) is 51.1 Å². The highest BCUT2D eigenvalue weighted by Crippen LogP contribution is 2.31. The van der Waals surface area contributed by atoms with Gasteiger partial charge >= 0.3 is 0 Å². The highest BCUT2D eigenvalue weighted by atomic mass is 127. The molecule has 5 heteroatoms. The maximum atomic E-state index is 12.5. The average Bonchev–Trinajstić information content (AvgIpc) is 2.50. The van der Waals surface area contributed by atoms with Crippen LogP contribution in [0.1, 0.15) is 15.9 Å². The fourth-order valence-electron chi connectivity index (χ4n) is 2.22. The Labute approximate surface area is 137 Å². The van der Waals surface area contributed by atoms with Crippen LogP contribution in [0.25, 0.3) is 0 Å². The number of fused-ring (bicyclic) bond motifs is 1. The van der Waals surface area contributed by atoms with Gasteiger partial charge in [-0.1, -0.05) is 12.1 Å². The van der Waals surface area contributed by atoms with Gasteiger partial charge in [-0.15, -0.1) is 0 Å². The van der Waals surface area contributed by atoms with Crippen LogP contribution in [0.2, 0.25) is 0 Å². The predicted molar refractivity (Wildman–Crippen MR) is 92.3 cm³/mol. The van der Waals surface area contributed by atoms with Gasteiger partial charge in [0.25, 0.3) is 5.91 Å². The molecular weight excluding hydrogens is 379 g/mol. The fraction of sp³-hybridized carbons (Fsp3) is 0.188. The van der Waals surface area contributed by atoms with E-state index in [1.165, 1.54) is 5.56 Å². The molecule has 0 saturated heterocycles. The first-order valence-electron chi connectivity index (χ1n) is 6.72. The van der Waals surface area contributed by atoms with Crippen LogP contribution >= 0.6 is 22.6 Å². The van der Waals surface area contributed by atoms with E-state index in [1.54, 1.807) is 6.07 Å². The number of amides is 1. The van der Waals surface area contributed by atoms with E-state index >= 15 is 0 Å². The Morgan fingerprint density at radius 2 is 2.19 bits per heavy atom. The van der Waals surface area contributed by atoms with Crippen molar-refractivity contribution in [3.8, 4) is 5.75 Å². The lowest BCUT2D eigenvalue weighted by Gasteiger charge is -2.21. The van der Waals surface area contributed by atoms with E-state index in [0.29, 0.717) is 17.9 Å². The molecule has 1 aliphatic rings. The van der Waals surface area contributed by atoms with Crippen molar-refractivity contribution in [2.75, 3.05) is 23.8 Å². The summed E-state index contributed by atoms with van der Waals surface area (Å²) in [6.07, 6.45) is 0. The highest BCUT2D eigenvalue weighted by Gasteiger charge is 2.19. The highest BCUT2D eigenvalue weighted by molar-refractivity contribution is 14.1. The van der Waals surface area contributed by atoms with Crippen LogP contribution < -0.4 is 15.4 Å². The minimum absolute atomic E-state index is 0.157. The van der Waals surface area contributed by atoms with Gasteiger partial charge in [0.15, 0.2) is 5.75 Å². The van der Waals surface area contributed by atoms with Gasteiger partial charge in [0.2, 0.25) is 0 Å². The quantitative estimate of drug-likeness (QED) is 0.765. The molecule has 0 aliphatic carbocycles. The Hall–Kier alpha value is -1.76. The van der Waals surface area contributed by atoms with E-state index in [-0.39, 0.29) is 5.91 Å². The molecule has 0 atom stereocenters. The summed E-state index contributed by atoms with van der Waals surface area (Å²) in [7, 11) is 0. The van der Waals surface area contributed by atoms with Gasteiger partial charge in [0.05, 0.1) is 11.3 Å². The van der Waals surface area contributed by atoms with Crippen molar-refractivity contribution >= 4 is 39.9 Å². The summed E-state index contributed by atoms with van der Waals surface area (Å²) in [5, 5.41) is 6.16. The lowest BCUT2D eigenvalue weighted by atomic mass is 10.1. The molecule has 0 aromatic heterocycles. The van der Waals surface area contributed by atoms with Gasteiger partial charge in [-0.2, -0.15) is 0 Å². The van der Waals surface area contributed by atoms with Crippen LogP contribution in [0.4, 0.5) is 11.4 Å². The summed E-state index contributed by atoms with van der Waals surface area (Å²) in [5.41, 5.74) is 3.40. The largest absolute Gasteiger partial charge is 0.489 e. The summed E-state index contributed by atoms with van der Waals surface area (Å²) in [6, 6.07) is 11.4. The van der Waals surface area contributed by atoms with E-state index in [4.69, 9.17) is 4.74 Å². The van der Waals surface area contributed by atoms with Crippen molar-refractivity contribution in [3.63, 3.8) is 0 Å². The second kappa shape index (κ2) is 5.93. The summed E-state index contributed by atoms with van der Waals surface area (Å²) in [4.78, 5) is 12.5. The van der Waals surface area contributed by atoms with E-state index in [1.807, 2.05) is 37.3 Å². The third-order valence-corrected chi connectivity index (χ3v) is 4.52. The number of ether oxygens (including phenoxy) is 1. The molecule has 0 bridgehead atoms. The standard InChI is InChI=1S/C16H15IN2O2/c1-10-5-6-11(9-13(10)17)19-16(20)12-3-2-4-14-15(12)21-8-7-18-14/h2-6,9,18H,7-8H2,1H3,(H,19,20). The SMILES string of the molecule is Cc1ccc(NC(=O)c2cccc3c2OCCN3)cc1I. The summed E-state index contributed by atoms with van der Waals surface area (Å²) in [6.45, 7) is 3.37. The monoisotopic (exact) mass is 394 g/mol. The van der Waals surface area contributed by atoms with Crippen LogP contribution in [0.15, 0.2) is 36.4 Å². The van der Waals surface area contributed by atoms with Gasteiger partial charge in [0.1, 0.15) is 6.61 Å². The molecule has 0 saturated carbocycles. The van der Waals surface area contributed by atoms with E-state index in [0.717, 1.165) is 21.5 Å². The van der Waals surface area contributed by atoms with Crippen LogP contribution in [-0.4, -0.2) is 19.1 Å². The first-order valence-corrected chi connectivity index (χ1v) is 7.80. The lowest BCUT2D eigenvalue weighted by molar-refractivity contribution is 0.102. The van der Waals surface area contributed by atoms with Crippen LogP contribution in [0, 0.1) is 10.5 Å². The molecule has 0 fully saturated rings. The van der Waals surface area contributed by atoms with Gasteiger partial charge in [-0.3, -0.25) is 4.79 Å². The zero-order valence-corrected chi connectivity index (χ0v) is 13.7. The van der Waals surface area contributed by atoms with Gasteiger partial charge in [0, 0.05) is 15.8 Å². The Balaban J connectivity index is 1.87. The molecule has 0 unspecified atom stereocenters. The number of hydrogen-bond donors (Lipinski definition) is 2. The van der Waals surface area contributed by atoms with E-state index < -0.39 is 0 Å². The Kier molecular flexibility index (Phi) is 4.01. The Morgan fingerprint density at radius 3 is 3.00 bits per heavy atom. The Bertz CT molecular complexity index is 701. The molecule has 2 N–H and O–H groups in total. The molecule has 0 radical (unpaired) electrons. The number of halogens is 1. The molecule has 1 heterocycles. The molecule has 3 rings (SSSR count). The number of nitrogens with one attached hydrogen (secondary N) is 2. The van der Waals surface area contributed by atoms with Crippen molar-refractivity contribution in [2.24, 2.45) is 0 Å². The van der Waals surface area contributed by atoms with Crippen molar-refractivity contribution in [2.45, 2.75) is 6.92 Å². The van der Waals surface area contributed by atoms with Gasteiger partial charge < -0.3 is 15.4 Å². The molecule has 108 valence electrons. The summed E-state index contributed by atoms with van der Waals surface area (Å²) >= 11 is 2.26. The minimum Gasteiger partial charge on any atom is -0.489 e. The second-order valence-electron chi connectivity index (χ2n) is 4.88. The predicted octanol–water partition coefficient (Wildman–Crippen LogP) is 3.66. The topological polar surface area (TPSA) is 50.4 Å². The number of rotatable bonds is 2. The normalized spacial score (nSPS) is 12.9. The summed E-state index contributed by atoms with van der Waals surface area (Å²) in [5.74, 6) is 0.471. The zero-order chi connectivity index (χ0) is 14.8. The van der Waals surface area contributed by atoms with E-state index in [9.17, 15) is 4.79 Å². The fourth-order valence-corrected chi connectivity index (χ4v) is 2.73. The first kappa shape index (κ1) is 14.2. The Morgan fingerprint density at radius 1 is 1.33 bits per heavy atom. The minimum atomic E-state index is -0.157. The third kappa shape index (κ3) is 2.97. The maximum absolute atomic E-state index is 12.5. The van der Waals surface area contributed by atoms with Crippen LogP contribution in [0.3, 0.4) is 0 Å². The molecule has 1 amide bonds. The molecule has 1 aliphatic heterocycles. The van der Waals surface area contributed by atoms with Gasteiger partial charge in [-0.05, 0) is 59.3 Å². The van der Waals surface area contributed by atoms with Crippen molar-refractivity contribution in [1.29, 1.82) is 0 Å². The number of hydrogen-bond acceptors (Lipinski definition) is 3. The molecular formula is C16H15IN2O2. The van der Waals surface area contributed by atoms with Crippen molar-refractivity contribution < 1.29 is 9.53 Å². The smallest absolute Gasteiger partial charge is 0.259 e. The molecule has 2 aromatic carbocycles. The number of carbonyl (C=O) groups excluding carboxylic acids is 1. The van der Waals surface area contributed by atoms with E-state index in [2.05, 4.69) is 33.2 Å². The van der Waals surface area contributed by atoms with Crippen LogP contribution in [0.5, 0.6) is 5.75 Å². The zero-order valence-electron chi connectivity index (χ0n) is 11.6. The molecule has 21 heavy (non-hydrogen) atoms. The average molecular weight is 394 g/mol. The van der Waals surface area contributed by atoms with Crippen LogP contribution in [-0.2, 0) is 0 Å². The summed E-state index contributed by atoms with van der Waals surface area (Å²) < 4.78 is 6.75. The third-order valence-electron chi connectivity index (χ3n) is 3.35. The number of benzene rings is 2. The molecule has 4 nitrogen and oxygen atoms in total. The second-order valence-corrected chi connectivity index (χ2v) is 6.04.